The Morgan fingerprint density at radius 1 is 0.692 bits per heavy atom. The van der Waals surface area contributed by atoms with Gasteiger partial charge in [-0.15, -0.1) is 18.2 Å². The van der Waals surface area contributed by atoms with Gasteiger partial charge in [-0.05, 0) is 64.4 Å². The van der Waals surface area contributed by atoms with E-state index >= 15 is 0 Å². The third-order valence-corrected chi connectivity index (χ3v) is 16.3. The molecule has 4 aromatic heterocycles. The monoisotopic (exact) mass is 1100 g/mol. The summed E-state index contributed by atoms with van der Waals surface area (Å²) in [5.41, 5.74) is 14.9. The molecule has 0 aliphatic heterocycles. The first-order valence-corrected chi connectivity index (χ1v) is 30.3. The molecule has 0 aliphatic carbocycles. The van der Waals surface area contributed by atoms with Crippen LogP contribution in [0, 0.1) is 18.1 Å². The fraction of sp³-hybridized carbons (Fsp3) is 0.293. The van der Waals surface area contributed by atoms with Crippen molar-refractivity contribution in [2.75, 3.05) is 0 Å². The topological polar surface area (TPSA) is 56.7 Å². The first-order valence-electron chi connectivity index (χ1n) is 22.9. The van der Waals surface area contributed by atoms with Crippen LogP contribution >= 0.6 is 0 Å². The number of hydrogen-bond donors (Lipinski definition) is 0. The Morgan fingerprint density at radius 3 is 2.00 bits per heavy atom. The number of imidazole rings is 1. The van der Waals surface area contributed by atoms with Gasteiger partial charge in [-0.2, -0.15) is 0 Å². The predicted octanol–water partition coefficient (Wildman–Crippen LogP) is 15.3. The van der Waals surface area contributed by atoms with Crippen LogP contribution < -0.4 is 4.40 Å². The first kappa shape index (κ1) is 47.8. The zero-order valence-corrected chi connectivity index (χ0v) is 44.6. The number of nitrogens with zero attached hydrogens (tertiary/aromatic N) is 4. The second kappa shape index (κ2) is 19.4. The van der Waals surface area contributed by atoms with Crippen molar-refractivity contribution in [1.82, 2.24) is 19.5 Å². The summed E-state index contributed by atoms with van der Waals surface area (Å²) in [5, 5.41) is 2.15. The fourth-order valence-electron chi connectivity index (χ4n) is 8.73. The number of furan rings is 1. The maximum atomic E-state index is 6.53. The van der Waals surface area contributed by atoms with E-state index in [-0.39, 0.29) is 37.4 Å². The average Bonchev–Trinajstić information content (AvgIpc) is 3.84. The molecule has 65 heavy (non-hydrogen) atoms. The van der Waals surface area contributed by atoms with Gasteiger partial charge in [0.1, 0.15) is 5.58 Å². The normalized spacial score (nSPS) is 12.0. The van der Waals surface area contributed by atoms with Crippen LogP contribution in [-0.2, 0) is 31.9 Å². The zero-order chi connectivity index (χ0) is 45.5. The molecule has 0 unspecified atom stereocenters. The summed E-state index contributed by atoms with van der Waals surface area (Å²) in [7, 11) is 0. The third kappa shape index (κ3) is 10.0. The molecule has 1 radical (unpaired) electrons. The summed E-state index contributed by atoms with van der Waals surface area (Å²) >= 11 is -1.86. The summed E-state index contributed by atoms with van der Waals surface area (Å²) in [5.74, 6) is 9.32. The Hall–Kier alpha value is -5.14. The molecule has 0 spiro atoms. The van der Waals surface area contributed by atoms with Gasteiger partial charge in [0.25, 0.3) is 0 Å². The van der Waals surface area contributed by atoms with Crippen LogP contribution in [0.2, 0.25) is 17.3 Å². The molecule has 0 fully saturated rings. The van der Waals surface area contributed by atoms with E-state index in [0.29, 0.717) is 5.92 Å². The van der Waals surface area contributed by atoms with Crippen molar-refractivity contribution >= 4 is 50.8 Å². The van der Waals surface area contributed by atoms with Crippen molar-refractivity contribution in [3.05, 3.63) is 162 Å². The minimum absolute atomic E-state index is 0. The second-order valence-electron chi connectivity index (χ2n) is 20.3. The van der Waals surface area contributed by atoms with Gasteiger partial charge in [-0.25, -0.2) is 4.98 Å². The van der Waals surface area contributed by atoms with E-state index in [1.807, 2.05) is 36.4 Å². The van der Waals surface area contributed by atoms with Gasteiger partial charge in [0, 0.05) is 42.3 Å². The summed E-state index contributed by atoms with van der Waals surface area (Å²) in [6.45, 7) is 20.3. The molecule has 0 atom stereocenters. The Labute approximate surface area is 402 Å². The van der Waals surface area contributed by atoms with Crippen LogP contribution in [-0.4, -0.2) is 32.8 Å². The SMILES string of the molecule is CC(C)Cc1cc(-c2[c-]cccc2)nc[c]1[Ge]([CH3])([CH3])[CH3].CC(C)c1cc(-c2ccccc2)cc(C(C)C)c1-n1c(-c2[c-]ccc3c2oc2ccccc23)nc2nc(C(C)(C)C)ccc21.[Ir]. The van der Waals surface area contributed by atoms with Crippen molar-refractivity contribution in [1.29, 1.82) is 0 Å². The molecule has 7 heteroatoms. The van der Waals surface area contributed by atoms with E-state index in [9.17, 15) is 0 Å². The first-order chi connectivity index (χ1) is 30.5. The van der Waals surface area contributed by atoms with E-state index in [2.05, 4.69) is 187 Å². The van der Waals surface area contributed by atoms with E-state index in [4.69, 9.17) is 19.4 Å². The van der Waals surface area contributed by atoms with Crippen LogP contribution in [0.1, 0.15) is 96.5 Å². The fourth-order valence-corrected chi connectivity index (χ4v) is 12.1. The van der Waals surface area contributed by atoms with Gasteiger partial charge in [0.05, 0.1) is 16.9 Å². The number of hydrogen-bond acceptors (Lipinski definition) is 4. The minimum atomic E-state index is -1.86. The third-order valence-electron chi connectivity index (χ3n) is 12.0. The van der Waals surface area contributed by atoms with Crippen LogP contribution in [0.3, 0.4) is 0 Å². The van der Waals surface area contributed by atoms with Crippen LogP contribution in [0.15, 0.2) is 132 Å². The van der Waals surface area contributed by atoms with Crippen molar-refractivity contribution in [3.8, 4) is 39.5 Å². The molecule has 335 valence electrons. The number of para-hydroxylation sites is 1. The van der Waals surface area contributed by atoms with Crippen LogP contribution in [0.5, 0.6) is 0 Å². The second-order valence-corrected chi connectivity index (χ2v) is 30.9. The van der Waals surface area contributed by atoms with E-state index in [1.54, 1.807) is 4.40 Å². The van der Waals surface area contributed by atoms with Gasteiger partial charge in [-0.1, -0.05) is 108 Å². The molecule has 0 amide bonds. The van der Waals surface area contributed by atoms with Gasteiger partial charge < -0.3 is 8.98 Å². The van der Waals surface area contributed by atoms with Crippen molar-refractivity contribution < 1.29 is 24.5 Å². The van der Waals surface area contributed by atoms with Crippen LogP contribution in [0.4, 0.5) is 0 Å². The molecule has 5 aromatic carbocycles. The largest absolute Gasteiger partial charge is 0.501 e. The molecule has 9 rings (SSSR count). The number of benzene rings is 5. The molecule has 0 N–H and O–H groups in total. The molecular formula is C58H62GeIrN4O-2. The van der Waals surface area contributed by atoms with Crippen molar-refractivity contribution in [2.24, 2.45) is 5.92 Å². The molecular weight excluding hydrogens is 1030 g/mol. The molecule has 9 aromatic rings. The molecule has 5 nitrogen and oxygen atoms in total. The molecule has 0 saturated heterocycles. The Bertz CT molecular complexity index is 3050. The van der Waals surface area contributed by atoms with Crippen molar-refractivity contribution in [3.63, 3.8) is 0 Å². The zero-order valence-electron chi connectivity index (χ0n) is 40.1. The summed E-state index contributed by atoms with van der Waals surface area (Å²) in [4.78, 5) is 15.1. The van der Waals surface area contributed by atoms with E-state index in [0.717, 1.165) is 67.9 Å². The minimum Gasteiger partial charge on any atom is -0.501 e. The number of fused-ring (bicyclic) bond motifs is 4. The molecule has 4 heterocycles. The molecule has 0 aliphatic rings. The van der Waals surface area contributed by atoms with Crippen molar-refractivity contribution in [2.45, 2.75) is 103 Å². The van der Waals surface area contributed by atoms with E-state index in [1.165, 1.54) is 33.5 Å². The van der Waals surface area contributed by atoms with Gasteiger partial charge >= 0.3 is 126 Å². The molecule has 0 bridgehead atoms. The number of rotatable bonds is 9. The maximum absolute atomic E-state index is 6.53. The van der Waals surface area contributed by atoms with Gasteiger partial charge in [0.15, 0.2) is 5.65 Å². The van der Waals surface area contributed by atoms with Gasteiger partial charge in [-0.3, -0.25) is 4.98 Å². The van der Waals surface area contributed by atoms with E-state index < -0.39 is 13.3 Å². The standard InChI is InChI=1S/C40H38N3O.C18H24GeN.Ir/c1-24(2)31-22-27(26-14-9-8-10-15-26)23-32(25(3)4)36(31)43-33-20-21-35(40(5,6)7)41-38(33)42-39(43)30-18-13-17-29-28-16-11-12-19-34(28)44-37(29)30;1-14(2)11-16-12-18(15-9-7-6-8-10-15)20-13-17(16)19(3,4)5;/h8-17,19-25H,1-7H3;6-9,12-14H,11H2,1-5H3;/q2*-1;. The Balaban J connectivity index is 0.000000253. The quantitative estimate of drug-likeness (QED) is 0.107. The molecule has 0 saturated carbocycles. The summed E-state index contributed by atoms with van der Waals surface area (Å²) < 4.78 is 10.4. The smallest absolute Gasteiger partial charge is 0.168 e. The van der Waals surface area contributed by atoms with Crippen LogP contribution in [0.25, 0.3) is 72.6 Å². The summed E-state index contributed by atoms with van der Waals surface area (Å²) in [6, 6.07) is 49.2. The van der Waals surface area contributed by atoms with Gasteiger partial charge in [0.2, 0.25) is 0 Å². The summed E-state index contributed by atoms with van der Waals surface area (Å²) in [6.07, 6.45) is 3.27. The number of aromatic nitrogens is 4. The predicted molar refractivity (Wildman–Crippen MR) is 273 cm³/mol. The number of pyridine rings is 2. The maximum Gasteiger partial charge on any atom is 0.168 e. The Kier molecular flexibility index (Phi) is 14.2. The Morgan fingerprint density at radius 2 is 1.37 bits per heavy atom. The average molecular weight is 1100 g/mol.